The Hall–Kier alpha value is -1.74. The molecule has 5 nitrogen and oxygen atoms in total. The van der Waals surface area contributed by atoms with Crippen molar-refractivity contribution in [3.63, 3.8) is 0 Å². The molecule has 0 bridgehead atoms. The summed E-state index contributed by atoms with van der Waals surface area (Å²) in [6.45, 7) is -0.0520. The van der Waals surface area contributed by atoms with Gasteiger partial charge < -0.3 is 5.32 Å². The first-order valence-electron chi connectivity index (χ1n) is 6.11. The van der Waals surface area contributed by atoms with Crippen LogP contribution in [0.5, 0.6) is 0 Å². The van der Waals surface area contributed by atoms with Gasteiger partial charge in [0.2, 0.25) is 5.91 Å². The molecule has 1 aromatic carbocycles. The molecule has 0 aliphatic heterocycles. The van der Waals surface area contributed by atoms with Crippen LogP contribution in [0.3, 0.4) is 0 Å². The molecule has 0 unspecified atom stereocenters. The Morgan fingerprint density at radius 2 is 2.05 bits per heavy atom. The van der Waals surface area contributed by atoms with Crippen LogP contribution in [0.25, 0.3) is 10.2 Å². The molecule has 7 heteroatoms. The maximum absolute atomic E-state index is 12.2. The van der Waals surface area contributed by atoms with Crippen LogP contribution in [0.1, 0.15) is 0 Å². The van der Waals surface area contributed by atoms with Gasteiger partial charge in [-0.15, -0.1) is 11.3 Å². The second kappa shape index (κ2) is 5.94. The number of fused-ring (bicyclic) bond motifs is 1. The quantitative estimate of drug-likeness (QED) is 0.675. The van der Waals surface area contributed by atoms with Crippen LogP contribution in [0.4, 0.5) is 5.69 Å². The second-order valence-electron chi connectivity index (χ2n) is 4.37. The predicted molar refractivity (Wildman–Crippen MR) is 91.7 cm³/mol. The molecule has 1 N–H and O–H groups in total. The lowest BCUT2D eigenvalue weighted by molar-refractivity contribution is -0.116. The number of thiophene rings is 1. The summed E-state index contributed by atoms with van der Waals surface area (Å²) in [7, 11) is 0. The van der Waals surface area contributed by atoms with Crippen molar-refractivity contribution in [1.82, 2.24) is 9.55 Å². The molecule has 0 radical (unpaired) electrons. The van der Waals surface area contributed by atoms with Crippen molar-refractivity contribution in [3.05, 3.63) is 56.0 Å². The van der Waals surface area contributed by atoms with Crippen molar-refractivity contribution in [3.8, 4) is 0 Å². The van der Waals surface area contributed by atoms with Crippen LogP contribution in [0.2, 0.25) is 0 Å². The zero-order valence-electron chi connectivity index (χ0n) is 10.7. The summed E-state index contributed by atoms with van der Waals surface area (Å²) in [5.74, 6) is -0.255. The molecule has 0 fully saturated rings. The molecule has 0 saturated carbocycles. The Kier molecular flexibility index (Phi) is 4.02. The normalized spacial score (nSPS) is 10.7. The Morgan fingerprint density at radius 1 is 1.29 bits per heavy atom. The summed E-state index contributed by atoms with van der Waals surface area (Å²) >= 11 is 3.60. The van der Waals surface area contributed by atoms with E-state index in [1.54, 1.807) is 6.07 Å². The van der Waals surface area contributed by atoms with E-state index in [1.165, 1.54) is 22.2 Å². The van der Waals surface area contributed by atoms with Gasteiger partial charge in [0.25, 0.3) is 5.56 Å². The number of rotatable bonds is 3. The molecule has 2 heterocycles. The zero-order chi connectivity index (χ0) is 14.8. The van der Waals surface area contributed by atoms with E-state index in [9.17, 15) is 9.59 Å². The summed E-state index contributed by atoms with van der Waals surface area (Å²) in [6.07, 6.45) is 1.41. The number of carbonyl (C=O) groups is 1. The van der Waals surface area contributed by atoms with Gasteiger partial charge in [-0.1, -0.05) is 0 Å². The lowest BCUT2D eigenvalue weighted by Crippen LogP contribution is -2.27. The highest BCUT2D eigenvalue weighted by molar-refractivity contribution is 14.1. The molecule has 0 atom stereocenters. The zero-order valence-corrected chi connectivity index (χ0v) is 13.7. The fourth-order valence-corrected chi connectivity index (χ4v) is 2.98. The number of hydrogen-bond acceptors (Lipinski definition) is 4. The van der Waals surface area contributed by atoms with Crippen LogP contribution < -0.4 is 10.9 Å². The Morgan fingerprint density at radius 3 is 2.81 bits per heavy atom. The van der Waals surface area contributed by atoms with E-state index in [0.29, 0.717) is 15.9 Å². The second-order valence-corrected chi connectivity index (χ2v) is 6.51. The number of halogens is 1. The van der Waals surface area contributed by atoms with E-state index in [1.807, 2.05) is 29.6 Å². The van der Waals surface area contributed by atoms with Gasteiger partial charge in [-0.2, -0.15) is 0 Å². The first kappa shape index (κ1) is 14.2. The Bertz CT molecular complexity index is 855. The van der Waals surface area contributed by atoms with Gasteiger partial charge in [-0.25, -0.2) is 4.98 Å². The van der Waals surface area contributed by atoms with Gasteiger partial charge in [0, 0.05) is 9.26 Å². The van der Waals surface area contributed by atoms with Gasteiger partial charge in [0.1, 0.15) is 11.4 Å². The Labute approximate surface area is 137 Å². The number of nitrogens with zero attached hydrogens (tertiary/aromatic N) is 2. The number of carbonyl (C=O) groups excluding carboxylic acids is 1. The van der Waals surface area contributed by atoms with Crippen LogP contribution >= 0.6 is 33.9 Å². The molecule has 0 aliphatic carbocycles. The molecule has 3 aromatic rings. The SMILES string of the molecule is O=C(Cn1cnc2sccc2c1=O)Nc1ccc(I)cc1. The predicted octanol–water partition coefficient (Wildman–Crippen LogP) is 2.70. The summed E-state index contributed by atoms with van der Waals surface area (Å²) < 4.78 is 2.41. The van der Waals surface area contributed by atoms with Crippen LogP contribution in [0, 0.1) is 3.57 Å². The number of amides is 1. The lowest BCUT2D eigenvalue weighted by Gasteiger charge is -2.07. The summed E-state index contributed by atoms with van der Waals surface area (Å²) in [6, 6.07) is 9.18. The largest absolute Gasteiger partial charge is 0.325 e. The number of benzene rings is 1. The van der Waals surface area contributed by atoms with Gasteiger partial charge in [-0.05, 0) is 58.3 Å². The average molecular weight is 411 g/mol. The molecule has 0 spiro atoms. The van der Waals surface area contributed by atoms with E-state index in [2.05, 4.69) is 32.9 Å². The number of hydrogen-bond donors (Lipinski definition) is 1. The van der Waals surface area contributed by atoms with E-state index in [4.69, 9.17) is 0 Å². The molecule has 0 aliphatic rings. The first-order chi connectivity index (χ1) is 10.1. The fraction of sp³-hybridized carbons (Fsp3) is 0.0714. The minimum Gasteiger partial charge on any atom is -0.325 e. The van der Waals surface area contributed by atoms with Crippen LogP contribution in [0.15, 0.2) is 46.8 Å². The van der Waals surface area contributed by atoms with Crippen molar-refractivity contribution in [2.24, 2.45) is 0 Å². The van der Waals surface area contributed by atoms with Gasteiger partial charge in [0.05, 0.1) is 11.7 Å². The third kappa shape index (κ3) is 3.13. The van der Waals surface area contributed by atoms with Crippen molar-refractivity contribution in [1.29, 1.82) is 0 Å². The summed E-state index contributed by atoms with van der Waals surface area (Å²) in [5, 5.41) is 5.12. The van der Waals surface area contributed by atoms with E-state index in [-0.39, 0.29) is 18.0 Å². The Balaban J connectivity index is 1.78. The minimum atomic E-state index is -0.255. The highest BCUT2D eigenvalue weighted by Crippen LogP contribution is 2.13. The maximum Gasteiger partial charge on any atom is 0.262 e. The highest BCUT2D eigenvalue weighted by Gasteiger charge is 2.09. The fourth-order valence-electron chi connectivity index (χ4n) is 1.89. The van der Waals surface area contributed by atoms with Crippen LogP contribution in [-0.2, 0) is 11.3 Å². The van der Waals surface area contributed by atoms with Crippen LogP contribution in [-0.4, -0.2) is 15.5 Å². The standard InChI is InChI=1S/C14H10IN3O2S/c15-9-1-3-10(4-2-9)17-12(19)7-18-8-16-13-11(14(18)20)5-6-21-13/h1-6,8H,7H2,(H,17,19). The average Bonchev–Trinajstić information content (AvgIpc) is 2.94. The highest BCUT2D eigenvalue weighted by atomic mass is 127. The first-order valence-corrected chi connectivity index (χ1v) is 8.07. The van der Waals surface area contributed by atoms with Gasteiger partial charge >= 0.3 is 0 Å². The monoisotopic (exact) mass is 411 g/mol. The van der Waals surface area contributed by atoms with E-state index < -0.39 is 0 Å². The summed E-state index contributed by atoms with van der Waals surface area (Å²) in [4.78, 5) is 29.0. The number of nitrogens with one attached hydrogen (secondary N) is 1. The van der Waals surface area contributed by atoms with Crippen molar-refractivity contribution in [2.75, 3.05) is 5.32 Å². The third-order valence-electron chi connectivity index (χ3n) is 2.89. The number of aromatic nitrogens is 2. The molecular weight excluding hydrogens is 401 g/mol. The molecular formula is C14H10IN3O2S. The smallest absolute Gasteiger partial charge is 0.262 e. The molecule has 0 saturated heterocycles. The van der Waals surface area contributed by atoms with E-state index in [0.717, 1.165) is 3.57 Å². The molecule has 1 amide bonds. The third-order valence-corrected chi connectivity index (χ3v) is 4.43. The summed E-state index contributed by atoms with van der Waals surface area (Å²) in [5.41, 5.74) is 0.511. The van der Waals surface area contributed by atoms with Gasteiger partial charge in [0.15, 0.2) is 0 Å². The maximum atomic E-state index is 12.2. The van der Waals surface area contributed by atoms with Crippen molar-refractivity contribution < 1.29 is 4.79 Å². The molecule has 2 aromatic heterocycles. The van der Waals surface area contributed by atoms with E-state index >= 15 is 0 Å². The van der Waals surface area contributed by atoms with Crippen molar-refractivity contribution >= 4 is 55.7 Å². The van der Waals surface area contributed by atoms with Gasteiger partial charge in [-0.3, -0.25) is 14.2 Å². The lowest BCUT2D eigenvalue weighted by atomic mass is 10.3. The molecule has 21 heavy (non-hydrogen) atoms. The number of anilines is 1. The van der Waals surface area contributed by atoms with Crippen molar-refractivity contribution in [2.45, 2.75) is 6.54 Å². The molecule has 3 rings (SSSR count). The minimum absolute atomic E-state index is 0.0520. The topological polar surface area (TPSA) is 64.0 Å². The molecule has 106 valence electrons.